The summed E-state index contributed by atoms with van der Waals surface area (Å²) in [6.45, 7) is 1.61. The second-order valence-electron chi connectivity index (χ2n) is 4.15. The van der Waals surface area contributed by atoms with Crippen molar-refractivity contribution >= 4 is 17.3 Å². The molecule has 98 valence electrons. The van der Waals surface area contributed by atoms with Gasteiger partial charge >= 0.3 is 0 Å². The van der Waals surface area contributed by atoms with E-state index in [0.29, 0.717) is 5.56 Å². The molecule has 0 spiro atoms. The number of nitrogen functional groups attached to an aromatic ring is 1. The number of aryl methyl sites for hydroxylation is 1. The van der Waals surface area contributed by atoms with Crippen LogP contribution < -0.4 is 11.1 Å². The number of nitrogens with one attached hydrogen (secondary N) is 1. The third-order valence-electron chi connectivity index (χ3n) is 2.67. The number of carbonyl (C=O) groups excluding carboxylic acids is 1. The van der Waals surface area contributed by atoms with Crippen LogP contribution in [0.15, 0.2) is 36.4 Å². The van der Waals surface area contributed by atoms with Gasteiger partial charge in [-0.3, -0.25) is 4.79 Å². The summed E-state index contributed by atoms with van der Waals surface area (Å²) in [6.07, 6.45) is 0. The average molecular weight is 262 g/mol. The number of nitrogens with two attached hydrogens (primary N) is 1. The van der Waals surface area contributed by atoms with Crippen molar-refractivity contribution in [3.63, 3.8) is 0 Å². The number of halogens is 2. The highest BCUT2D eigenvalue weighted by Gasteiger charge is 2.12. The fraction of sp³-hybridized carbons (Fsp3) is 0.0714. The Bertz CT molecular complexity index is 641. The molecule has 0 heterocycles. The van der Waals surface area contributed by atoms with Gasteiger partial charge in [-0.2, -0.15) is 0 Å². The Labute approximate surface area is 109 Å². The van der Waals surface area contributed by atoms with Crippen molar-refractivity contribution in [1.29, 1.82) is 0 Å². The van der Waals surface area contributed by atoms with Crippen LogP contribution in [0.3, 0.4) is 0 Å². The van der Waals surface area contributed by atoms with Crippen molar-refractivity contribution in [3.05, 3.63) is 59.2 Å². The van der Waals surface area contributed by atoms with Crippen molar-refractivity contribution in [2.45, 2.75) is 6.92 Å². The molecule has 19 heavy (non-hydrogen) atoms. The van der Waals surface area contributed by atoms with Gasteiger partial charge in [0, 0.05) is 11.3 Å². The Morgan fingerprint density at radius 1 is 1.16 bits per heavy atom. The summed E-state index contributed by atoms with van der Waals surface area (Å²) in [7, 11) is 0. The summed E-state index contributed by atoms with van der Waals surface area (Å²) in [5.74, 6) is -1.54. The van der Waals surface area contributed by atoms with Crippen LogP contribution >= 0.6 is 0 Å². The van der Waals surface area contributed by atoms with Crippen molar-refractivity contribution in [2.24, 2.45) is 0 Å². The second kappa shape index (κ2) is 5.06. The first-order chi connectivity index (χ1) is 8.97. The molecule has 0 aliphatic heterocycles. The summed E-state index contributed by atoms with van der Waals surface area (Å²) in [5.41, 5.74) is 6.49. The maximum atomic E-state index is 13.5. The first-order valence-corrected chi connectivity index (χ1v) is 5.60. The van der Waals surface area contributed by atoms with E-state index in [9.17, 15) is 13.6 Å². The minimum atomic E-state index is -0.617. The summed E-state index contributed by atoms with van der Waals surface area (Å²) >= 11 is 0. The third kappa shape index (κ3) is 2.88. The quantitative estimate of drug-likeness (QED) is 0.817. The number of anilines is 2. The molecule has 3 nitrogen and oxygen atoms in total. The molecule has 0 radical (unpaired) electrons. The van der Waals surface area contributed by atoms with E-state index >= 15 is 0 Å². The monoisotopic (exact) mass is 262 g/mol. The van der Waals surface area contributed by atoms with Crippen molar-refractivity contribution in [2.75, 3.05) is 11.1 Å². The standard InChI is InChI=1S/C14H12F2N2O/c1-8-6-9(15)2-4-11(8)14(19)18-13-5-3-10(17)7-12(13)16/h2-7H,17H2,1H3,(H,18,19). The fourth-order valence-electron chi connectivity index (χ4n) is 1.70. The molecule has 0 aliphatic carbocycles. The number of carbonyl (C=O) groups is 1. The Hall–Kier alpha value is -2.43. The molecule has 2 rings (SSSR count). The molecule has 0 aliphatic rings. The molecule has 0 saturated carbocycles. The lowest BCUT2D eigenvalue weighted by Gasteiger charge is -2.09. The summed E-state index contributed by atoms with van der Waals surface area (Å²) < 4.78 is 26.5. The highest BCUT2D eigenvalue weighted by molar-refractivity contribution is 6.05. The Morgan fingerprint density at radius 2 is 1.89 bits per heavy atom. The van der Waals surface area contributed by atoms with Crippen molar-refractivity contribution < 1.29 is 13.6 Å². The zero-order chi connectivity index (χ0) is 14.0. The largest absolute Gasteiger partial charge is 0.399 e. The zero-order valence-electron chi connectivity index (χ0n) is 10.2. The smallest absolute Gasteiger partial charge is 0.256 e. The second-order valence-corrected chi connectivity index (χ2v) is 4.15. The lowest BCUT2D eigenvalue weighted by Crippen LogP contribution is -2.14. The molecule has 5 heteroatoms. The average Bonchev–Trinajstić information content (AvgIpc) is 2.32. The number of amides is 1. The minimum Gasteiger partial charge on any atom is -0.399 e. The maximum Gasteiger partial charge on any atom is 0.256 e. The Morgan fingerprint density at radius 3 is 2.53 bits per heavy atom. The van der Waals surface area contributed by atoms with E-state index in [4.69, 9.17) is 5.73 Å². The molecular formula is C14H12F2N2O. The highest BCUT2D eigenvalue weighted by Crippen LogP contribution is 2.19. The molecule has 2 aromatic carbocycles. The van der Waals surface area contributed by atoms with Crippen LogP contribution in [0.25, 0.3) is 0 Å². The third-order valence-corrected chi connectivity index (χ3v) is 2.67. The van der Waals surface area contributed by atoms with Crippen LogP contribution in [-0.4, -0.2) is 5.91 Å². The van der Waals surface area contributed by atoms with Gasteiger partial charge in [0.1, 0.15) is 11.6 Å². The van der Waals surface area contributed by atoms with Crippen LogP contribution in [0.2, 0.25) is 0 Å². The van der Waals surface area contributed by atoms with Gasteiger partial charge in [-0.15, -0.1) is 0 Å². The first kappa shape index (κ1) is 13.0. The van der Waals surface area contributed by atoms with Crippen LogP contribution in [0.1, 0.15) is 15.9 Å². The molecule has 0 bridgehead atoms. The molecule has 0 saturated heterocycles. The van der Waals surface area contributed by atoms with E-state index in [2.05, 4.69) is 5.32 Å². The number of hydrogen-bond donors (Lipinski definition) is 2. The van der Waals surface area contributed by atoms with E-state index < -0.39 is 17.5 Å². The zero-order valence-corrected chi connectivity index (χ0v) is 10.2. The molecule has 0 aromatic heterocycles. The van der Waals surface area contributed by atoms with Crippen LogP contribution in [0.4, 0.5) is 20.2 Å². The number of benzene rings is 2. The van der Waals surface area contributed by atoms with Gasteiger partial charge in [-0.1, -0.05) is 0 Å². The van der Waals surface area contributed by atoms with Gasteiger partial charge in [0.05, 0.1) is 5.69 Å². The molecular weight excluding hydrogens is 250 g/mol. The lowest BCUT2D eigenvalue weighted by atomic mass is 10.1. The molecule has 0 unspecified atom stereocenters. The van der Waals surface area contributed by atoms with E-state index in [-0.39, 0.29) is 16.9 Å². The topological polar surface area (TPSA) is 55.1 Å². The van der Waals surface area contributed by atoms with E-state index in [1.165, 1.54) is 30.3 Å². The van der Waals surface area contributed by atoms with Crippen LogP contribution in [0.5, 0.6) is 0 Å². The lowest BCUT2D eigenvalue weighted by molar-refractivity contribution is 0.102. The van der Waals surface area contributed by atoms with Crippen molar-refractivity contribution in [1.82, 2.24) is 0 Å². The van der Waals surface area contributed by atoms with E-state index in [1.54, 1.807) is 6.92 Å². The molecule has 2 aromatic rings. The van der Waals surface area contributed by atoms with Gasteiger partial charge in [0.2, 0.25) is 0 Å². The molecule has 0 atom stereocenters. The van der Waals surface area contributed by atoms with Gasteiger partial charge in [0.15, 0.2) is 0 Å². The van der Waals surface area contributed by atoms with Gasteiger partial charge in [0.25, 0.3) is 5.91 Å². The summed E-state index contributed by atoms with van der Waals surface area (Å²) in [5, 5.41) is 2.42. The molecule has 1 amide bonds. The van der Waals surface area contributed by atoms with Gasteiger partial charge in [-0.25, -0.2) is 8.78 Å². The van der Waals surface area contributed by atoms with Crippen LogP contribution in [0, 0.1) is 18.6 Å². The molecule has 3 N–H and O–H groups in total. The Balaban J connectivity index is 2.25. The van der Waals surface area contributed by atoms with Gasteiger partial charge in [-0.05, 0) is 48.9 Å². The molecule has 0 fully saturated rings. The number of rotatable bonds is 2. The van der Waals surface area contributed by atoms with Crippen molar-refractivity contribution in [3.8, 4) is 0 Å². The SMILES string of the molecule is Cc1cc(F)ccc1C(=O)Nc1ccc(N)cc1F. The summed E-state index contributed by atoms with van der Waals surface area (Å²) in [6, 6.07) is 7.76. The predicted octanol–water partition coefficient (Wildman–Crippen LogP) is 3.11. The predicted molar refractivity (Wildman–Crippen MR) is 69.9 cm³/mol. The minimum absolute atomic E-state index is 0.0305. The van der Waals surface area contributed by atoms with Gasteiger partial charge < -0.3 is 11.1 Å². The highest BCUT2D eigenvalue weighted by atomic mass is 19.1. The fourth-order valence-corrected chi connectivity index (χ4v) is 1.70. The Kier molecular flexibility index (Phi) is 3.46. The maximum absolute atomic E-state index is 13.5. The van der Waals surface area contributed by atoms with Crippen LogP contribution in [-0.2, 0) is 0 Å². The van der Waals surface area contributed by atoms with E-state index in [0.717, 1.165) is 6.07 Å². The first-order valence-electron chi connectivity index (χ1n) is 5.60. The van der Waals surface area contributed by atoms with E-state index in [1.807, 2.05) is 0 Å². The number of hydrogen-bond acceptors (Lipinski definition) is 2. The normalized spacial score (nSPS) is 10.3. The summed E-state index contributed by atoms with van der Waals surface area (Å²) in [4.78, 5) is 12.0.